The molecule has 0 saturated heterocycles. The van der Waals surface area contributed by atoms with E-state index in [9.17, 15) is 13.2 Å². The number of sulfonamides is 1. The van der Waals surface area contributed by atoms with Crippen molar-refractivity contribution in [2.45, 2.75) is 18.2 Å². The topological polar surface area (TPSA) is 75.3 Å². The maximum absolute atomic E-state index is 12.3. The van der Waals surface area contributed by atoms with E-state index in [0.29, 0.717) is 16.9 Å². The molecule has 138 valence electrons. The number of benzene rings is 3. The molecule has 6 heteroatoms. The van der Waals surface area contributed by atoms with E-state index in [2.05, 4.69) is 17.0 Å². The van der Waals surface area contributed by atoms with E-state index in [1.165, 1.54) is 17.7 Å². The Hall–Kier alpha value is -3.12. The number of aryl methyl sites for hydroxylation is 1. The first-order chi connectivity index (χ1) is 13.0. The standard InChI is InChI=1S/C21H20N2O3S/c1-2-16-8-12-18(13-9-16)22-21(24)17-10-14-19(15-11-17)23-27(25,26)20-6-4-3-5-7-20/h3-15,23H,2H2,1H3,(H,22,24). The molecule has 0 aliphatic carbocycles. The maximum Gasteiger partial charge on any atom is 0.261 e. The van der Waals surface area contributed by atoms with Gasteiger partial charge in [-0.25, -0.2) is 8.42 Å². The fourth-order valence-electron chi connectivity index (χ4n) is 2.53. The average Bonchev–Trinajstić information content (AvgIpc) is 2.69. The van der Waals surface area contributed by atoms with E-state index in [1.54, 1.807) is 42.5 Å². The molecule has 0 unspecified atom stereocenters. The average molecular weight is 380 g/mol. The van der Waals surface area contributed by atoms with E-state index < -0.39 is 10.0 Å². The van der Waals surface area contributed by atoms with Crippen molar-refractivity contribution in [3.63, 3.8) is 0 Å². The van der Waals surface area contributed by atoms with Gasteiger partial charge in [-0.3, -0.25) is 9.52 Å². The Kier molecular flexibility index (Phi) is 5.57. The van der Waals surface area contributed by atoms with Gasteiger partial charge < -0.3 is 5.32 Å². The summed E-state index contributed by atoms with van der Waals surface area (Å²) in [5.41, 5.74) is 2.74. The van der Waals surface area contributed by atoms with Crippen LogP contribution in [0.25, 0.3) is 0 Å². The van der Waals surface area contributed by atoms with Crippen molar-refractivity contribution in [3.05, 3.63) is 90.0 Å². The molecule has 0 aromatic heterocycles. The van der Waals surface area contributed by atoms with Gasteiger partial charge in [0.25, 0.3) is 15.9 Å². The minimum Gasteiger partial charge on any atom is -0.322 e. The van der Waals surface area contributed by atoms with Crippen LogP contribution in [0.2, 0.25) is 0 Å². The van der Waals surface area contributed by atoms with Crippen molar-refractivity contribution in [1.29, 1.82) is 0 Å². The van der Waals surface area contributed by atoms with Crippen molar-refractivity contribution in [1.82, 2.24) is 0 Å². The molecular weight excluding hydrogens is 360 g/mol. The van der Waals surface area contributed by atoms with Gasteiger partial charge in [0.1, 0.15) is 0 Å². The quantitative estimate of drug-likeness (QED) is 0.669. The first-order valence-electron chi connectivity index (χ1n) is 8.56. The molecule has 3 aromatic rings. The molecule has 0 radical (unpaired) electrons. The molecule has 0 spiro atoms. The van der Waals surface area contributed by atoms with Gasteiger partial charge in [0.2, 0.25) is 0 Å². The molecule has 5 nitrogen and oxygen atoms in total. The summed E-state index contributed by atoms with van der Waals surface area (Å²) >= 11 is 0. The molecule has 0 saturated carbocycles. The summed E-state index contributed by atoms with van der Waals surface area (Å²) in [4.78, 5) is 12.5. The lowest BCUT2D eigenvalue weighted by atomic mass is 10.1. The third-order valence-electron chi connectivity index (χ3n) is 4.07. The minimum atomic E-state index is -3.65. The second-order valence-corrected chi connectivity index (χ2v) is 7.68. The van der Waals surface area contributed by atoms with Gasteiger partial charge in [-0.05, 0) is 60.5 Å². The van der Waals surface area contributed by atoms with Crippen LogP contribution in [0.5, 0.6) is 0 Å². The Balaban J connectivity index is 1.68. The Labute approximate surface area is 159 Å². The predicted octanol–water partition coefficient (Wildman–Crippen LogP) is 4.30. The number of rotatable bonds is 6. The first-order valence-corrected chi connectivity index (χ1v) is 10.0. The predicted molar refractivity (Wildman–Crippen MR) is 107 cm³/mol. The normalized spacial score (nSPS) is 11.0. The molecule has 27 heavy (non-hydrogen) atoms. The third-order valence-corrected chi connectivity index (χ3v) is 5.47. The van der Waals surface area contributed by atoms with E-state index in [4.69, 9.17) is 0 Å². The van der Waals surface area contributed by atoms with Crippen molar-refractivity contribution >= 4 is 27.3 Å². The molecule has 2 N–H and O–H groups in total. The summed E-state index contributed by atoms with van der Waals surface area (Å²) in [7, 11) is -3.65. The van der Waals surface area contributed by atoms with E-state index in [-0.39, 0.29) is 10.8 Å². The minimum absolute atomic E-state index is 0.183. The zero-order chi connectivity index (χ0) is 19.3. The Morgan fingerprint density at radius 2 is 1.41 bits per heavy atom. The molecule has 0 aliphatic rings. The van der Waals surface area contributed by atoms with Crippen LogP contribution in [0, 0.1) is 0 Å². The fourth-order valence-corrected chi connectivity index (χ4v) is 3.61. The highest BCUT2D eigenvalue weighted by molar-refractivity contribution is 7.92. The number of hydrogen-bond acceptors (Lipinski definition) is 3. The van der Waals surface area contributed by atoms with Gasteiger partial charge in [0.05, 0.1) is 4.90 Å². The van der Waals surface area contributed by atoms with Crippen LogP contribution in [0.1, 0.15) is 22.8 Å². The summed E-state index contributed by atoms with van der Waals surface area (Å²) in [6.45, 7) is 2.07. The Morgan fingerprint density at radius 1 is 0.815 bits per heavy atom. The summed E-state index contributed by atoms with van der Waals surface area (Å²) < 4.78 is 27.2. The summed E-state index contributed by atoms with van der Waals surface area (Å²) in [5.74, 6) is -0.253. The monoisotopic (exact) mass is 380 g/mol. The summed E-state index contributed by atoms with van der Waals surface area (Å²) in [6.07, 6.45) is 0.939. The molecule has 0 heterocycles. The fraction of sp³-hybridized carbons (Fsp3) is 0.0952. The SMILES string of the molecule is CCc1ccc(NC(=O)c2ccc(NS(=O)(=O)c3ccccc3)cc2)cc1. The second kappa shape index (κ2) is 8.05. The van der Waals surface area contributed by atoms with Crippen LogP contribution in [-0.2, 0) is 16.4 Å². The lowest BCUT2D eigenvalue weighted by molar-refractivity contribution is 0.102. The Morgan fingerprint density at radius 3 is 2.00 bits per heavy atom. The molecule has 0 bridgehead atoms. The zero-order valence-electron chi connectivity index (χ0n) is 14.8. The van der Waals surface area contributed by atoms with Gasteiger partial charge in [0, 0.05) is 16.9 Å². The number of nitrogens with one attached hydrogen (secondary N) is 2. The van der Waals surface area contributed by atoms with Crippen LogP contribution in [0.3, 0.4) is 0 Å². The number of carbonyl (C=O) groups is 1. The first kappa shape index (κ1) is 18.7. The van der Waals surface area contributed by atoms with E-state index in [1.807, 2.05) is 24.3 Å². The highest BCUT2D eigenvalue weighted by atomic mass is 32.2. The van der Waals surface area contributed by atoms with Gasteiger partial charge in [0.15, 0.2) is 0 Å². The lowest BCUT2D eigenvalue weighted by Crippen LogP contribution is -2.14. The van der Waals surface area contributed by atoms with E-state index in [0.717, 1.165) is 6.42 Å². The van der Waals surface area contributed by atoms with Gasteiger partial charge in [-0.1, -0.05) is 37.3 Å². The largest absolute Gasteiger partial charge is 0.322 e. The zero-order valence-corrected chi connectivity index (χ0v) is 15.7. The Bertz CT molecular complexity index is 1010. The van der Waals surface area contributed by atoms with Crippen LogP contribution in [-0.4, -0.2) is 14.3 Å². The van der Waals surface area contributed by atoms with Gasteiger partial charge >= 0.3 is 0 Å². The number of hydrogen-bond donors (Lipinski definition) is 2. The van der Waals surface area contributed by atoms with Crippen molar-refractivity contribution < 1.29 is 13.2 Å². The number of amides is 1. The molecule has 0 fully saturated rings. The molecule has 0 aliphatic heterocycles. The lowest BCUT2D eigenvalue weighted by Gasteiger charge is -2.09. The van der Waals surface area contributed by atoms with E-state index >= 15 is 0 Å². The third kappa shape index (κ3) is 4.74. The van der Waals surface area contributed by atoms with Crippen molar-refractivity contribution in [2.75, 3.05) is 10.0 Å². The summed E-state index contributed by atoms with van der Waals surface area (Å²) in [6, 6.07) is 22.1. The summed E-state index contributed by atoms with van der Waals surface area (Å²) in [5, 5.41) is 2.83. The number of anilines is 2. The van der Waals surface area contributed by atoms with Crippen LogP contribution in [0.4, 0.5) is 11.4 Å². The molecule has 1 amide bonds. The highest BCUT2D eigenvalue weighted by Crippen LogP contribution is 2.17. The van der Waals surface area contributed by atoms with Gasteiger partial charge in [-0.15, -0.1) is 0 Å². The maximum atomic E-state index is 12.3. The van der Waals surface area contributed by atoms with Crippen molar-refractivity contribution in [2.24, 2.45) is 0 Å². The smallest absolute Gasteiger partial charge is 0.261 e. The highest BCUT2D eigenvalue weighted by Gasteiger charge is 2.14. The van der Waals surface area contributed by atoms with Crippen LogP contribution in [0.15, 0.2) is 83.8 Å². The van der Waals surface area contributed by atoms with Crippen LogP contribution < -0.4 is 10.0 Å². The van der Waals surface area contributed by atoms with Crippen LogP contribution >= 0.6 is 0 Å². The molecule has 3 aromatic carbocycles. The molecule has 0 atom stereocenters. The molecule has 3 rings (SSSR count). The molecular formula is C21H20N2O3S. The van der Waals surface area contributed by atoms with Crippen molar-refractivity contribution in [3.8, 4) is 0 Å². The van der Waals surface area contributed by atoms with Gasteiger partial charge in [-0.2, -0.15) is 0 Å². The number of carbonyl (C=O) groups excluding carboxylic acids is 1. The second-order valence-electron chi connectivity index (χ2n) is 6.00.